The van der Waals surface area contributed by atoms with Crippen LogP contribution in [0, 0.1) is 13.8 Å². The average Bonchev–Trinajstić information content (AvgIpc) is 3.06. The van der Waals surface area contributed by atoms with Crippen molar-refractivity contribution >= 4 is 23.1 Å². The number of aryl methyl sites for hydroxylation is 2. The van der Waals surface area contributed by atoms with Crippen molar-refractivity contribution in [2.75, 3.05) is 0 Å². The molecule has 0 unspecified atom stereocenters. The third-order valence-electron chi connectivity index (χ3n) is 2.69. The molecule has 6 heteroatoms. The molecule has 3 aromatic rings. The van der Waals surface area contributed by atoms with Crippen molar-refractivity contribution in [3.63, 3.8) is 0 Å². The summed E-state index contributed by atoms with van der Waals surface area (Å²) in [5.41, 5.74) is 3.23. The Morgan fingerprint density at radius 1 is 1.15 bits per heavy atom. The van der Waals surface area contributed by atoms with Crippen LogP contribution < -0.4 is 0 Å². The second-order valence-corrected chi connectivity index (χ2v) is 6.50. The summed E-state index contributed by atoms with van der Waals surface area (Å²) in [5, 5.41) is 6.05. The number of benzene rings is 1. The molecule has 1 aromatic carbocycles. The van der Waals surface area contributed by atoms with E-state index in [0.29, 0.717) is 17.5 Å². The maximum absolute atomic E-state index is 5.27. The average molecular weight is 303 g/mol. The van der Waals surface area contributed by atoms with Gasteiger partial charge in [0.15, 0.2) is 4.34 Å². The van der Waals surface area contributed by atoms with Gasteiger partial charge in [-0.3, -0.25) is 0 Å². The molecule has 0 saturated heterocycles. The fourth-order valence-electron chi connectivity index (χ4n) is 1.66. The SMILES string of the molecule is Cc1ccc(-c2noc(CSc3nc(C)cs3)n2)cc1. The van der Waals surface area contributed by atoms with E-state index in [4.69, 9.17) is 4.52 Å². The molecule has 0 saturated carbocycles. The van der Waals surface area contributed by atoms with Gasteiger partial charge in [-0.1, -0.05) is 46.7 Å². The molecule has 0 atom stereocenters. The molecule has 3 rings (SSSR count). The molecule has 0 aliphatic rings. The Morgan fingerprint density at radius 3 is 2.65 bits per heavy atom. The van der Waals surface area contributed by atoms with Gasteiger partial charge in [0.05, 0.1) is 5.75 Å². The Labute approximate surface area is 125 Å². The molecule has 0 N–H and O–H groups in total. The number of thioether (sulfide) groups is 1. The molecule has 0 aliphatic carbocycles. The normalized spacial score (nSPS) is 10.9. The molecular formula is C14H13N3OS2. The standard InChI is InChI=1S/C14H13N3OS2/c1-9-3-5-11(6-4-9)13-16-12(18-17-13)8-20-14-15-10(2)7-19-14/h3-7H,8H2,1-2H3. The number of thiazole rings is 1. The third kappa shape index (κ3) is 3.08. The largest absolute Gasteiger partial charge is 0.338 e. The van der Waals surface area contributed by atoms with Crippen molar-refractivity contribution in [3.05, 3.63) is 46.8 Å². The van der Waals surface area contributed by atoms with Crippen LogP contribution in [0.25, 0.3) is 11.4 Å². The van der Waals surface area contributed by atoms with Gasteiger partial charge in [0.1, 0.15) is 0 Å². The zero-order chi connectivity index (χ0) is 13.9. The number of hydrogen-bond acceptors (Lipinski definition) is 6. The first-order valence-corrected chi connectivity index (χ1v) is 8.02. The van der Waals surface area contributed by atoms with Gasteiger partial charge in [0, 0.05) is 16.6 Å². The van der Waals surface area contributed by atoms with Gasteiger partial charge in [-0.25, -0.2) is 4.98 Å². The highest BCUT2D eigenvalue weighted by Gasteiger charge is 2.09. The molecule has 0 bridgehead atoms. The predicted molar refractivity (Wildman–Crippen MR) is 80.9 cm³/mol. The van der Waals surface area contributed by atoms with E-state index < -0.39 is 0 Å². The molecule has 2 aromatic heterocycles. The Hall–Kier alpha value is -1.66. The van der Waals surface area contributed by atoms with E-state index in [0.717, 1.165) is 15.6 Å². The van der Waals surface area contributed by atoms with Gasteiger partial charge < -0.3 is 4.52 Å². The third-order valence-corrected chi connectivity index (χ3v) is 4.82. The van der Waals surface area contributed by atoms with E-state index in [-0.39, 0.29) is 0 Å². The van der Waals surface area contributed by atoms with Crippen LogP contribution in [0.2, 0.25) is 0 Å². The zero-order valence-corrected chi connectivity index (χ0v) is 12.8. The van der Waals surface area contributed by atoms with E-state index >= 15 is 0 Å². The van der Waals surface area contributed by atoms with Crippen molar-refractivity contribution in [2.24, 2.45) is 0 Å². The zero-order valence-electron chi connectivity index (χ0n) is 11.2. The molecule has 20 heavy (non-hydrogen) atoms. The topological polar surface area (TPSA) is 51.8 Å². The Morgan fingerprint density at radius 2 is 1.95 bits per heavy atom. The predicted octanol–water partition coefficient (Wildman–Crippen LogP) is 4.10. The minimum absolute atomic E-state index is 0.624. The molecule has 0 spiro atoms. The fraction of sp³-hybridized carbons (Fsp3) is 0.214. The first kappa shape index (κ1) is 13.3. The smallest absolute Gasteiger partial charge is 0.237 e. The quantitative estimate of drug-likeness (QED) is 0.679. The molecule has 0 aliphatic heterocycles. The van der Waals surface area contributed by atoms with Crippen LogP contribution in [0.15, 0.2) is 38.5 Å². The van der Waals surface area contributed by atoms with Gasteiger partial charge in [-0.05, 0) is 13.8 Å². The minimum Gasteiger partial charge on any atom is -0.338 e. The van der Waals surface area contributed by atoms with Crippen LogP contribution in [0.5, 0.6) is 0 Å². The lowest BCUT2D eigenvalue weighted by atomic mass is 10.1. The first-order valence-electron chi connectivity index (χ1n) is 6.15. The number of rotatable bonds is 4. The fourth-order valence-corrected chi connectivity index (χ4v) is 3.34. The number of aromatic nitrogens is 3. The van der Waals surface area contributed by atoms with Crippen LogP contribution in [0.4, 0.5) is 0 Å². The number of nitrogens with zero attached hydrogens (tertiary/aromatic N) is 3. The van der Waals surface area contributed by atoms with E-state index in [1.165, 1.54) is 5.56 Å². The first-order chi connectivity index (χ1) is 9.70. The van der Waals surface area contributed by atoms with Gasteiger partial charge in [0.25, 0.3) is 0 Å². The molecule has 0 fully saturated rings. The summed E-state index contributed by atoms with van der Waals surface area (Å²) >= 11 is 3.25. The Bertz CT molecular complexity index is 703. The van der Waals surface area contributed by atoms with Gasteiger partial charge in [0.2, 0.25) is 11.7 Å². The molecule has 0 radical (unpaired) electrons. The van der Waals surface area contributed by atoms with Gasteiger partial charge >= 0.3 is 0 Å². The highest BCUT2D eigenvalue weighted by Crippen LogP contribution is 2.26. The lowest BCUT2D eigenvalue weighted by molar-refractivity contribution is 0.391. The molecule has 2 heterocycles. The monoisotopic (exact) mass is 303 g/mol. The second-order valence-electron chi connectivity index (χ2n) is 4.42. The van der Waals surface area contributed by atoms with Crippen LogP contribution in [0.3, 0.4) is 0 Å². The van der Waals surface area contributed by atoms with E-state index in [9.17, 15) is 0 Å². The summed E-state index contributed by atoms with van der Waals surface area (Å²) in [7, 11) is 0. The van der Waals surface area contributed by atoms with Crippen molar-refractivity contribution in [2.45, 2.75) is 23.9 Å². The van der Waals surface area contributed by atoms with E-state index in [2.05, 4.69) is 22.0 Å². The molecule has 102 valence electrons. The minimum atomic E-state index is 0.624. The lowest BCUT2D eigenvalue weighted by Crippen LogP contribution is -1.83. The number of hydrogen-bond donors (Lipinski definition) is 0. The Kier molecular flexibility index (Phi) is 3.84. The van der Waals surface area contributed by atoms with Crippen molar-refractivity contribution in [1.29, 1.82) is 0 Å². The van der Waals surface area contributed by atoms with E-state index in [1.807, 2.05) is 36.6 Å². The van der Waals surface area contributed by atoms with E-state index in [1.54, 1.807) is 23.1 Å². The summed E-state index contributed by atoms with van der Waals surface area (Å²) in [4.78, 5) is 8.80. The summed E-state index contributed by atoms with van der Waals surface area (Å²) < 4.78 is 6.30. The van der Waals surface area contributed by atoms with Gasteiger partial charge in [-0.15, -0.1) is 11.3 Å². The molecule has 0 amide bonds. The summed E-state index contributed by atoms with van der Waals surface area (Å²) in [6.45, 7) is 4.04. The summed E-state index contributed by atoms with van der Waals surface area (Å²) in [5.74, 6) is 1.90. The maximum Gasteiger partial charge on any atom is 0.237 e. The van der Waals surface area contributed by atoms with Crippen molar-refractivity contribution < 1.29 is 4.52 Å². The summed E-state index contributed by atoms with van der Waals surface area (Å²) in [6.07, 6.45) is 0. The highest BCUT2D eigenvalue weighted by molar-refractivity contribution is 8.00. The summed E-state index contributed by atoms with van der Waals surface area (Å²) in [6, 6.07) is 8.08. The second kappa shape index (κ2) is 5.76. The maximum atomic E-state index is 5.27. The highest BCUT2D eigenvalue weighted by atomic mass is 32.2. The van der Waals surface area contributed by atoms with Crippen molar-refractivity contribution in [1.82, 2.24) is 15.1 Å². The lowest BCUT2D eigenvalue weighted by Gasteiger charge is -1.94. The molecular weight excluding hydrogens is 290 g/mol. The Balaban J connectivity index is 1.69. The van der Waals surface area contributed by atoms with Crippen LogP contribution in [0.1, 0.15) is 17.1 Å². The van der Waals surface area contributed by atoms with Crippen LogP contribution in [-0.2, 0) is 5.75 Å². The van der Waals surface area contributed by atoms with Crippen molar-refractivity contribution in [3.8, 4) is 11.4 Å². The van der Waals surface area contributed by atoms with Gasteiger partial charge in [-0.2, -0.15) is 4.98 Å². The molecule has 4 nitrogen and oxygen atoms in total. The van der Waals surface area contributed by atoms with Crippen LogP contribution in [-0.4, -0.2) is 15.1 Å². The van der Waals surface area contributed by atoms with Crippen LogP contribution >= 0.6 is 23.1 Å².